The predicted octanol–water partition coefficient (Wildman–Crippen LogP) is 2.71. The van der Waals surface area contributed by atoms with E-state index in [1.807, 2.05) is 25.7 Å². The lowest BCUT2D eigenvalue weighted by molar-refractivity contribution is -0.132. The second-order valence-corrected chi connectivity index (χ2v) is 8.82. The molecule has 2 heterocycles. The molecule has 1 aliphatic heterocycles. The van der Waals surface area contributed by atoms with Crippen molar-refractivity contribution in [3.05, 3.63) is 35.0 Å². The molecular formula is C21H27N3O2. The van der Waals surface area contributed by atoms with E-state index in [1.54, 1.807) is 0 Å². The summed E-state index contributed by atoms with van der Waals surface area (Å²) < 4.78 is 0. The number of benzene rings is 1. The van der Waals surface area contributed by atoms with Gasteiger partial charge in [0.05, 0.1) is 5.92 Å². The van der Waals surface area contributed by atoms with Gasteiger partial charge in [-0.25, -0.2) is 0 Å². The average Bonchev–Trinajstić information content (AvgIpc) is 3.19. The first-order valence-electron chi connectivity index (χ1n) is 9.43. The fraction of sp³-hybridized carbons (Fsp3) is 0.524. The molecule has 2 atom stereocenters. The second kappa shape index (κ2) is 5.86. The smallest absolute Gasteiger partial charge is 0.225 e. The van der Waals surface area contributed by atoms with Gasteiger partial charge >= 0.3 is 0 Å². The normalized spacial score (nSPS) is 22.9. The molecule has 1 saturated heterocycles. The molecule has 2 aromatic rings. The van der Waals surface area contributed by atoms with Crippen LogP contribution < -0.4 is 5.32 Å². The summed E-state index contributed by atoms with van der Waals surface area (Å²) in [7, 11) is 0. The number of carbonyl (C=O) groups excluding carboxylic acids is 2. The molecule has 5 heteroatoms. The van der Waals surface area contributed by atoms with E-state index >= 15 is 0 Å². The highest BCUT2D eigenvalue weighted by atomic mass is 16.2. The molecule has 5 nitrogen and oxygen atoms in total. The fourth-order valence-corrected chi connectivity index (χ4v) is 4.34. The lowest BCUT2D eigenvalue weighted by atomic mass is 10.0. The van der Waals surface area contributed by atoms with Crippen molar-refractivity contribution >= 4 is 22.7 Å². The first-order valence-corrected chi connectivity index (χ1v) is 9.43. The first kappa shape index (κ1) is 17.1. The van der Waals surface area contributed by atoms with E-state index in [4.69, 9.17) is 0 Å². The molecule has 0 bridgehead atoms. The van der Waals surface area contributed by atoms with E-state index in [0.29, 0.717) is 13.0 Å². The van der Waals surface area contributed by atoms with Crippen molar-refractivity contribution < 1.29 is 9.59 Å². The minimum Gasteiger partial charge on any atom is -0.358 e. The van der Waals surface area contributed by atoms with Crippen LogP contribution in [0.25, 0.3) is 10.9 Å². The molecule has 1 aliphatic carbocycles. The molecule has 0 spiro atoms. The number of fused-ring (bicyclic) bond motifs is 3. The van der Waals surface area contributed by atoms with Crippen molar-refractivity contribution in [2.24, 2.45) is 5.92 Å². The number of rotatable bonds is 2. The van der Waals surface area contributed by atoms with Crippen LogP contribution in [0.1, 0.15) is 44.0 Å². The van der Waals surface area contributed by atoms with Crippen LogP contribution >= 0.6 is 0 Å². The average molecular weight is 353 g/mol. The molecule has 0 saturated carbocycles. The number of nitrogens with one attached hydrogen (secondary N) is 2. The topological polar surface area (TPSA) is 65.2 Å². The summed E-state index contributed by atoms with van der Waals surface area (Å²) in [6.07, 6.45) is 2.01. The number of likely N-dealkylation sites (tertiary alicyclic amines) is 1. The minimum atomic E-state index is -0.236. The van der Waals surface area contributed by atoms with Gasteiger partial charge in [0.25, 0.3) is 0 Å². The van der Waals surface area contributed by atoms with Crippen LogP contribution in [0.5, 0.6) is 0 Å². The highest BCUT2D eigenvalue weighted by Crippen LogP contribution is 2.31. The van der Waals surface area contributed by atoms with Crippen LogP contribution in [0.15, 0.2) is 18.2 Å². The number of aryl methyl sites for hydroxylation is 1. The Hall–Kier alpha value is -2.30. The Morgan fingerprint density at radius 2 is 2.00 bits per heavy atom. The van der Waals surface area contributed by atoms with Gasteiger partial charge < -0.3 is 15.2 Å². The van der Waals surface area contributed by atoms with E-state index in [-0.39, 0.29) is 29.3 Å². The number of nitrogens with zero attached hydrogens (tertiary/aromatic N) is 1. The quantitative estimate of drug-likeness (QED) is 0.872. The zero-order valence-corrected chi connectivity index (χ0v) is 16.0. The minimum absolute atomic E-state index is 0.0146. The number of hydrogen-bond donors (Lipinski definition) is 2. The van der Waals surface area contributed by atoms with Crippen LogP contribution in [0.2, 0.25) is 0 Å². The number of aromatic nitrogens is 1. The van der Waals surface area contributed by atoms with Crippen molar-refractivity contribution in [2.45, 2.75) is 58.5 Å². The summed E-state index contributed by atoms with van der Waals surface area (Å²) in [6.45, 7) is 8.67. The lowest BCUT2D eigenvalue weighted by Crippen LogP contribution is -2.44. The van der Waals surface area contributed by atoms with E-state index in [0.717, 1.165) is 12.8 Å². The highest BCUT2D eigenvalue weighted by Gasteiger charge is 2.40. The molecule has 2 aliphatic rings. The summed E-state index contributed by atoms with van der Waals surface area (Å²) in [5.41, 5.74) is 4.75. The molecular weight excluding hydrogens is 326 g/mol. The highest BCUT2D eigenvalue weighted by molar-refractivity contribution is 5.90. The van der Waals surface area contributed by atoms with Crippen molar-refractivity contribution in [3.63, 3.8) is 0 Å². The molecule has 2 N–H and O–H groups in total. The molecule has 4 rings (SSSR count). The van der Waals surface area contributed by atoms with Gasteiger partial charge in [0.1, 0.15) is 0 Å². The van der Waals surface area contributed by atoms with E-state index in [9.17, 15) is 9.59 Å². The number of amides is 2. The standard InChI is InChI=1S/C21H27N3O2/c1-12-5-6-17-15(7-12)16-9-14(10-18(16)23-17)22-20(26)13-8-19(25)24(11-13)21(2,3)4/h5-7,13-14,23H,8-11H2,1-4H3,(H,22,26). The number of aromatic amines is 1. The Morgan fingerprint density at radius 1 is 1.23 bits per heavy atom. The molecule has 0 radical (unpaired) electrons. The maximum absolute atomic E-state index is 12.7. The van der Waals surface area contributed by atoms with E-state index in [1.165, 1.54) is 27.7 Å². The van der Waals surface area contributed by atoms with Crippen molar-refractivity contribution in [2.75, 3.05) is 6.54 Å². The van der Waals surface area contributed by atoms with Crippen LogP contribution in [-0.2, 0) is 22.4 Å². The summed E-state index contributed by atoms with van der Waals surface area (Å²) in [5.74, 6) is -0.142. The maximum Gasteiger partial charge on any atom is 0.225 e. The van der Waals surface area contributed by atoms with E-state index in [2.05, 4.69) is 35.4 Å². The van der Waals surface area contributed by atoms with E-state index < -0.39 is 0 Å². The molecule has 1 fully saturated rings. The third-order valence-corrected chi connectivity index (χ3v) is 5.70. The fourth-order valence-electron chi connectivity index (χ4n) is 4.34. The zero-order chi connectivity index (χ0) is 18.6. The SMILES string of the molecule is Cc1ccc2[nH]c3c(c2c1)CC(NC(=O)C1CC(=O)N(C(C)(C)C)C1)C3. The van der Waals surface area contributed by atoms with Crippen molar-refractivity contribution in [1.29, 1.82) is 0 Å². The van der Waals surface area contributed by atoms with Crippen molar-refractivity contribution in [3.8, 4) is 0 Å². The lowest BCUT2D eigenvalue weighted by Gasteiger charge is -2.32. The molecule has 2 unspecified atom stereocenters. The first-order chi connectivity index (χ1) is 12.2. The molecule has 138 valence electrons. The second-order valence-electron chi connectivity index (χ2n) is 8.82. The van der Waals surface area contributed by atoms with Gasteiger partial charge in [-0.1, -0.05) is 11.6 Å². The Labute approximate surface area is 154 Å². The Bertz CT molecular complexity index is 891. The Morgan fingerprint density at radius 3 is 2.69 bits per heavy atom. The molecule has 1 aromatic carbocycles. The largest absolute Gasteiger partial charge is 0.358 e. The summed E-state index contributed by atoms with van der Waals surface area (Å²) in [5, 5.41) is 4.46. The van der Waals surface area contributed by atoms with Gasteiger partial charge in [-0.15, -0.1) is 0 Å². The van der Waals surface area contributed by atoms with Crippen molar-refractivity contribution in [1.82, 2.24) is 15.2 Å². The van der Waals surface area contributed by atoms with Crippen LogP contribution in [0.3, 0.4) is 0 Å². The van der Waals surface area contributed by atoms with Gasteiger partial charge in [-0.3, -0.25) is 9.59 Å². The molecule has 2 amide bonds. The van der Waals surface area contributed by atoms with Crippen LogP contribution in [-0.4, -0.2) is 39.8 Å². The maximum atomic E-state index is 12.7. The third-order valence-electron chi connectivity index (χ3n) is 5.70. The Kier molecular flexibility index (Phi) is 3.86. The third kappa shape index (κ3) is 2.89. The van der Waals surface area contributed by atoms with Gasteiger partial charge in [0, 0.05) is 47.6 Å². The number of H-pyrrole nitrogens is 1. The zero-order valence-electron chi connectivity index (χ0n) is 16.0. The summed E-state index contributed by atoms with van der Waals surface area (Å²) in [6, 6.07) is 6.58. The van der Waals surface area contributed by atoms with Crippen LogP contribution in [0, 0.1) is 12.8 Å². The Balaban J connectivity index is 1.43. The monoisotopic (exact) mass is 353 g/mol. The number of carbonyl (C=O) groups is 2. The summed E-state index contributed by atoms with van der Waals surface area (Å²) in [4.78, 5) is 30.3. The van der Waals surface area contributed by atoms with Gasteiger partial charge in [-0.05, 0) is 51.8 Å². The van der Waals surface area contributed by atoms with Crippen LogP contribution in [0.4, 0.5) is 0 Å². The summed E-state index contributed by atoms with van der Waals surface area (Å²) >= 11 is 0. The predicted molar refractivity (Wildman–Crippen MR) is 102 cm³/mol. The van der Waals surface area contributed by atoms with Gasteiger partial charge in [0.15, 0.2) is 0 Å². The van der Waals surface area contributed by atoms with Gasteiger partial charge in [0.2, 0.25) is 11.8 Å². The molecule has 26 heavy (non-hydrogen) atoms. The number of hydrogen-bond acceptors (Lipinski definition) is 2. The molecule has 1 aromatic heterocycles. The van der Waals surface area contributed by atoms with Gasteiger partial charge in [-0.2, -0.15) is 0 Å².